The maximum absolute atomic E-state index is 12.1. The van der Waals surface area contributed by atoms with Gasteiger partial charge < -0.3 is 16.0 Å². The van der Waals surface area contributed by atoms with E-state index in [1.165, 1.54) is 0 Å². The largest absolute Gasteiger partial charge is 0.352 e. The molecule has 100 valence electrons. The van der Waals surface area contributed by atoms with E-state index >= 15 is 0 Å². The maximum atomic E-state index is 12.1. The summed E-state index contributed by atoms with van der Waals surface area (Å²) < 4.78 is 0. The van der Waals surface area contributed by atoms with Crippen LogP contribution in [0.1, 0.15) is 33.1 Å². The van der Waals surface area contributed by atoms with Gasteiger partial charge in [-0.25, -0.2) is 0 Å². The minimum Gasteiger partial charge on any atom is -0.352 e. The normalized spacial score (nSPS) is 31.3. The zero-order valence-electron chi connectivity index (χ0n) is 11.6. The van der Waals surface area contributed by atoms with Crippen molar-refractivity contribution in [3.63, 3.8) is 0 Å². The Labute approximate surface area is 105 Å². The van der Waals surface area contributed by atoms with Gasteiger partial charge in [-0.2, -0.15) is 0 Å². The molecule has 1 fully saturated rings. The Morgan fingerprint density at radius 1 is 1.41 bits per heavy atom. The second kappa shape index (κ2) is 6.36. The molecule has 0 aliphatic heterocycles. The Morgan fingerprint density at radius 3 is 2.59 bits per heavy atom. The standard InChI is InChI=1S/C13H27N3O/c1-9-5-11(7-12(14)6-9)13(17)15-10(2)8-16(3)4/h9-12H,5-8,14H2,1-4H3,(H,15,17). The molecule has 0 aromatic carbocycles. The first-order chi connectivity index (χ1) is 7.88. The Morgan fingerprint density at radius 2 is 2.06 bits per heavy atom. The van der Waals surface area contributed by atoms with Gasteiger partial charge in [0.25, 0.3) is 0 Å². The molecule has 1 saturated carbocycles. The highest BCUT2D eigenvalue weighted by Gasteiger charge is 2.29. The molecule has 1 rings (SSSR count). The van der Waals surface area contributed by atoms with Crippen LogP contribution in [0.2, 0.25) is 0 Å². The van der Waals surface area contributed by atoms with Crippen molar-refractivity contribution in [2.75, 3.05) is 20.6 Å². The van der Waals surface area contributed by atoms with Crippen LogP contribution in [0.5, 0.6) is 0 Å². The summed E-state index contributed by atoms with van der Waals surface area (Å²) in [4.78, 5) is 14.2. The van der Waals surface area contributed by atoms with Gasteiger partial charge >= 0.3 is 0 Å². The Hall–Kier alpha value is -0.610. The fourth-order valence-corrected chi connectivity index (χ4v) is 2.82. The first kappa shape index (κ1) is 14.5. The van der Waals surface area contributed by atoms with Gasteiger partial charge in [0, 0.05) is 24.5 Å². The second-order valence-electron chi connectivity index (χ2n) is 5.94. The third kappa shape index (κ3) is 5.04. The molecule has 0 spiro atoms. The number of hydrogen-bond donors (Lipinski definition) is 2. The predicted octanol–water partition coefficient (Wildman–Crippen LogP) is 0.816. The smallest absolute Gasteiger partial charge is 0.223 e. The van der Waals surface area contributed by atoms with Gasteiger partial charge in [0.05, 0.1) is 0 Å². The number of likely N-dealkylation sites (N-methyl/N-ethyl adjacent to an activating group) is 1. The summed E-state index contributed by atoms with van der Waals surface area (Å²) in [5, 5.41) is 3.09. The molecular weight excluding hydrogens is 214 g/mol. The fourth-order valence-electron chi connectivity index (χ4n) is 2.82. The molecule has 0 aromatic rings. The molecule has 4 atom stereocenters. The summed E-state index contributed by atoms with van der Waals surface area (Å²) in [5.74, 6) is 0.860. The number of nitrogens with zero attached hydrogens (tertiary/aromatic N) is 1. The first-order valence-electron chi connectivity index (χ1n) is 6.59. The van der Waals surface area contributed by atoms with E-state index in [9.17, 15) is 4.79 Å². The van der Waals surface area contributed by atoms with Crippen molar-refractivity contribution in [1.29, 1.82) is 0 Å². The average Bonchev–Trinajstić information content (AvgIpc) is 2.14. The third-order valence-electron chi connectivity index (χ3n) is 3.38. The molecule has 4 heteroatoms. The molecule has 4 unspecified atom stereocenters. The van der Waals surface area contributed by atoms with Crippen LogP contribution in [-0.4, -0.2) is 43.5 Å². The molecule has 0 aromatic heterocycles. The summed E-state index contributed by atoms with van der Waals surface area (Å²) in [6, 6.07) is 0.393. The van der Waals surface area contributed by atoms with Gasteiger partial charge in [-0.3, -0.25) is 4.79 Å². The van der Waals surface area contributed by atoms with Crippen LogP contribution >= 0.6 is 0 Å². The summed E-state index contributed by atoms with van der Waals surface area (Å²) in [6.45, 7) is 5.10. The van der Waals surface area contributed by atoms with Crippen molar-refractivity contribution < 1.29 is 4.79 Å². The van der Waals surface area contributed by atoms with E-state index in [2.05, 4.69) is 17.1 Å². The predicted molar refractivity (Wildman–Crippen MR) is 70.6 cm³/mol. The quantitative estimate of drug-likeness (QED) is 0.766. The molecule has 1 aliphatic carbocycles. The van der Waals surface area contributed by atoms with Crippen LogP contribution in [0, 0.1) is 11.8 Å². The Balaban J connectivity index is 2.41. The molecule has 0 bridgehead atoms. The number of carbonyl (C=O) groups is 1. The van der Waals surface area contributed by atoms with Crippen LogP contribution in [0.25, 0.3) is 0 Å². The molecule has 3 N–H and O–H groups in total. The van der Waals surface area contributed by atoms with Crippen molar-refractivity contribution in [3.8, 4) is 0 Å². The molecule has 1 aliphatic rings. The molecule has 0 saturated heterocycles. The number of nitrogens with two attached hydrogens (primary N) is 1. The highest BCUT2D eigenvalue weighted by molar-refractivity contribution is 5.79. The zero-order valence-corrected chi connectivity index (χ0v) is 11.6. The average molecular weight is 241 g/mol. The third-order valence-corrected chi connectivity index (χ3v) is 3.38. The lowest BCUT2D eigenvalue weighted by molar-refractivity contribution is -0.127. The van der Waals surface area contributed by atoms with Crippen molar-refractivity contribution in [1.82, 2.24) is 10.2 Å². The molecule has 0 heterocycles. The van der Waals surface area contributed by atoms with E-state index in [4.69, 9.17) is 5.73 Å². The SMILES string of the molecule is CC1CC(N)CC(C(=O)NC(C)CN(C)C)C1. The number of amides is 1. The van der Waals surface area contributed by atoms with Crippen molar-refractivity contribution in [2.24, 2.45) is 17.6 Å². The van der Waals surface area contributed by atoms with E-state index in [0.29, 0.717) is 5.92 Å². The number of hydrogen-bond acceptors (Lipinski definition) is 3. The summed E-state index contributed by atoms with van der Waals surface area (Å²) >= 11 is 0. The number of carbonyl (C=O) groups excluding carboxylic acids is 1. The minimum absolute atomic E-state index is 0.110. The molecule has 1 amide bonds. The summed E-state index contributed by atoms with van der Waals surface area (Å²) in [7, 11) is 4.03. The first-order valence-corrected chi connectivity index (χ1v) is 6.59. The lowest BCUT2D eigenvalue weighted by Gasteiger charge is -2.31. The number of rotatable bonds is 4. The van der Waals surface area contributed by atoms with Gasteiger partial charge in [-0.15, -0.1) is 0 Å². The fraction of sp³-hybridized carbons (Fsp3) is 0.923. The van der Waals surface area contributed by atoms with Crippen LogP contribution in [0.4, 0.5) is 0 Å². The highest BCUT2D eigenvalue weighted by Crippen LogP contribution is 2.28. The molecular formula is C13H27N3O. The highest BCUT2D eigenvalue weighted by atomic mass is 16.1. The van der Waals surface area contributed by atoms with Crippen LogP contribution in [-0.2, 0) is 4.79 Å². The van der Waals surface area contributed by atoms with Crippen LogP contribution in [0.3, 0.4) is 0 Å². The van der Waals surface area contributed by atoms with Gasteiger partial charge in [0.15, 0.2) is 0 Å². The van der Waals surface area contributed by atoms with Crippen molar-refractivity contribution in [2.45, 2.75) is 45.2 Å². The van der Waals surface area contributed by atoms with Crippen molar-refractivity contribution >= 4 is 5.91 Å². The molecule has 17 heavy (non-hydrogen) atoms. The van der Waals surface area contributed by atoms with Crippen molar-refractivity contribution in [3.05, 3.63) is 0 Å². The number of nitrogens with one attached hydrogen (secondary N) is 1. The van der Waals surface area contributed by atoms with Gasteiger partial charge in [0.1, 0.15) is 0 Å². The summed E-state index contributed by atoms with van der Waals surface area (Å²) in [5.41, 5.74) is 5.98. The molecule has 0 radical (unpaired) electrons. The second-order valence-corrected chi connectivity index (χ2v) is 5.94. The van der Waals surface area contributed by atoms with E-state index < -0.39 is 0 Å². The van der Waals surface area contributed by atoms with Gasteiger partial charge in [0.2, 0.25) is 5.91 Å². The lowest BCUT2D eigenvalue weighted by atomic mass is 9.79. The monoisotopic (exact) mass is 241 g/mol. The van der Waals surface area contributed by atoms with E-state index in [1.807, 2.05) is 21.0 Å². The minimum atomic E-state index is 0.110. The molecule has 4 nitrogen and oxygen atoms in total. The Bertz CT molecular complexity index is 245. The van der Waals surface area contributed by atoms with Gasteiger partial charge in [-0.1, -0.05) is 6.92 Å². The van der Waals surface area contributed by atoms with E-state index in [-0.39, 0.29) is 23.9 Å². The lowest BCUT2D eigenvalue weighted by Crippen LogP contribution is -2.45. The van der Waals surface area contributed by atoms with Crippen LogP contribution in [0.15, 0.2) is 0 Å². The van der Waals surface area contributed by atoms with Crippen LogP contribution < -0.4 is 11.1 Å². The summed E-state index contributed by atoms with van der Waals surface area (Å²) in [6.07, 6.45) is 2.87. The topological polar surface area (TPSA) is 58.4 Å². The Kier molecular flexibility index (Phi) is 5.40. The van der Waals surface area contributed by atoms with Gasteiger partial charge in [-0.05, 0) is 46.2 Å². The van der Waals surface area contributed by atoms with E-state index in [1.54, 1.807) is 0 Å². The zero-order chi connectivity index (χ0) is 13.0. The maximum Gasteiger partial charge on any atom is 0.223 e. The van der Waals surface area contributed by atoms with E-state index in [0.717, 1.165) is 25.8 Å².